The largest absolute Gasteiger partial charge is 0.219 e. The van der Waals surface area contributed by atoms with Gasteiger partial charge < -0.3 is 0 Å². The summed E-state index contributed by atoms with van der Waals surface area (Å²) in [6.07, 6.45) is 9.67. The van der Waals surface area contributed by atoms with Crippen LogP contribution in [0, 0.1) is 0 Å². The van der Waals surface area contributed by atoms with Gasteiger partial charge in [-0.2, -0.15) is 0 Å². The molecule has 0 atom stereocenters. The molecule has 0 aliphatic carbocycles. The molecule has 2 heterocycles. The summed E-state index contributed by atoms with van der Waals surface area (Å²) in [6, 6.07) is 0. The van der Waals surface area contributed by atoms with Crippen molar-refractivity contribution in [1.82, 2.24) is 0 Å². The van der Waals surface area contributed by atoms with Crippen LogP contribution >= 0.6 is 27.3 Å². The topological polar surface area (TPSA) is 34.1 Å². The second-order valence-corrected chi connectivity index (χ2v) is 8.77. The molecule has 0 saturated carbocycles. The van der Waals surface area contributed by atoms with Crippen LogP contribution in [0.25, 0.3) is 5.57 Å². The van der Waals surface area contributed by atoms with Crippen molar-refractivity contribution in [2.45, 2.75) is 63.2 Å². The first-order valence-electron chi connectivity index (χ1n) is 7.29. The molecule has 0 spiro atoms. The zero-order valence-corrected chi connectivity index (χ0v) is 15.0. The van der Waals surface area contributed by atoms with Crippen LogP contribution in [0.4, 0.5) is 0 Å². The Balaban J connectivity index is 1.83. The molecule has 0 fully saturated rings. The Kier molecular flexibility index (Phi) is 5.87. The van der Waals surface area contributed by atoms with Crippen LogP contribution < -0.4 is 0 Å². The van der Waals surface area contributed by atoms with E-state index in [4.69, 9.17) is 0 Å². The van der Waals surface area contributed by atoms with Gasteiger partial charge >= 0.3 is 0 Å². The summed E-state index contributed by atoms with van der Waals surface area (Å²) < 4.78 is 24.8. The van der Waals surface area contributed by atoms with E-state index in [0.29, 0.717) is 9.37 Å². The van der Waals surface area contributed by atoms with E-state index in [0.717, 1.165) is 23.3 Å². The maximum atomic E-state index is 12.1. The Labute approximate surface area is 134 Å². The smallest absolute Gasteiger partial charge is 0.202 e. The second-order valence-electron chi connectivity index (χ2n) is 5.30. The summed E-state index contributed by atoms with van der Waals surface area (Å²) in [6.45, 7) is 2.23. The van der Waals surface area contributed by atoms with Gasteiger partial charge in [-0.3, -0.25) is 0 Å². The van der Waals surface area contributed by atoms with Gasteiger partial charge in [0.05, 0.1) is 4.88 Å². The lowest BCUT2D eigenvalue weighted by Gasteiger charge is -2.02. The van der Waals surface area contributed by atoms with Crippen molar-refractivity contribution in [3.8, 4) is 0 Å². The number of halogens is 1. The quantitative estimate of drug-likeness (QED) is 0.538. The van der Waals surface area contributed by atoms with E-state index < -0.39 is 9.84 Å². The second kappa shape index (κ2) is 7.23. The monoisotopic (exact) mass is 376 g/mol. The standard InChI is InChI=1S/C15H21BrO2S2/c1-2-3-4-5-6-7-8-9-12-11-20(17,18)15-13(16)10-19-14(12)15/h10-11H,2-9H2,1H3. The predicted octanol–water partition coefficient (Wildman–Crippen LogP) is 5.78. The van der Waals surface area contributed by atoms with Crippen molar-refractivity contribution in [3.63, 3.8) is 0 Å². The molecule has 1 aromatic rings. The van der Waals surface area contributed by atoms with E-state index in [1.165, 1.54) is 55.3 Å². The number of hydrogen-bond acceptors (Lipinski definition) is 3. The molecule has 2 rings (SSSR count). The molecule has 2 nitrogen and oxygen atoms in total. The summed E-state index contributed by atoms with van der Waals surface area (Å²) in [4.78, 5) is 1.43. The van der Waals surface area contributed by atoms with Crippen molar-refractivity contribution in [1.29, 1.82) is 0 Å². The van der Waals surface area contributed by atoms with Crippen LogP contribution in [0.3, 0.4) is 0 Å². The van der Waals surface area contributed by atoms with E-state index in [2.05, 4.69) is 22.9 Å². The van der Waals surface area contributed by atoms with Gasteiger partial charge in [0.15, 0.2) is 0 Å². The molecule has 1 aromatic heterocycles. The third-order valence-corrected chi connectivity index (χ3v) is 7.59. The molecule has 0 bridgehead atoms. The molecule has 0 radical (unpaired) electrons. The highest BCUT2D eigenvalue weighted by Gasteiger charge is 2.30. The lowest BCUT2D eigenvalue weighted by atomic mass is 10.0. The summed E-state index contributed by atoms with van der Waals surface area (Å²) in [5, 5.41) is 3.34. The fourth-order valence-electron chi connectivity index (χ4n) is 2.56. The van der Waals surface area contributed by atoms with Crippen molar-refractivity contribution in [2.24, 2.45) is 0 Å². The van der Waals surface area contributed by atoms with Gasteiger partial charge in [-0.15, -0.1) is 11.3 Å². The van der Waals surface area contributed by atoms with Crippen molar-refractivity contribution in [2.75, 3.05) is 0 Å². The van der Waals surface area contributed by atoms with Gasteiger partial charge in [-0.25, -0.2) is 8.42 Å². The minimum Gasteiger partial charge on any atom is -0.219 e. The summed E-state index contributed by atoms with van der Waals surface area (Å²) in [7, 11) is -3.20. The average molecular weight is 377 g/mol. The molecule has 1 aliphatic rings. The lowest BCUT2D eigenvalue weighted by molar-refractivity contribution is 0.594. The van der Waals surface area contributed by atoms with Gasteiger partial charge in [-0.1, -0.05) is 45.4 Å². The van der Waals surface area contributed by atoms with E-state index in [-0.39, 0.29) is 0 Å². The van der Waals surface area contributed by atoms with Crippen LogP contribution in [0.5, 0.6) is 0 Å². The third kappa shape index (κ3) is 3.74. The normalized spacial score (nSPS) is 16.2. The SMILES string of the molecule is CCCCCCCCCC1=CS(=O)(=O)c2c(Br)csc21. The Morgan fingerprint density at radius 1 is 1.10 bits per heavy atom. The van der Waals surface area contributed by atoms with Crippen LogP contribution in [0.15, 0.2) is 20.2 Å². The minimum absolute atomic E-state index is 0.487. The first-order valence-corrected chi connectivity index (χ1v) is 10.5. The molecule has 0 aromatic carbocycles. The van der Waals surface area contributed by atoms with Crippen LogP contribution in [0.1, 0.15) is 63.2 Å². The number of rotatable bonds is 8. The molecule has 5 heteroatoms. The molecule has 0 N–H and O–H groups in total. The number of unbranched alkanes of at least 4 members (excludes halogenated alkanes) is 6. The Morgan fingerprint density at radius 2 is 1.75 bits per heavy atom. The zero-order chi connectivity index (χ0) is 14.6. The van der Waals surface area contributed by atoms with Crippen LogP contribution in [-0.2, 0) is 9.84 Å². The fraction of sp³-hybridized carbons (Fsp3) is 0.600. The summed E-state index contributed by atoms with van der Waals surface area (Å²) in [5.74, 6) is 0. The van der Waals surface area contributed by atoms with Crippen molar-refractivity contribution in [3.05, 3.63) is 20.1 Å². The van der Waals surface area contributed by atoms with Gasteiger partial charge in [0.2, 0.25) is 9.84 Å². The number of sulfone groups is 1. The fourth-order valence-corrected chi connectivity index (χ4v) is 6.80. The van der Waals surface area contributed by atoms with E-state index in [1.807, 2.05) is 5.38 Å². The number of hydrogen-bond donors (Lipinski definition) is 0. The lowest BCUT2D eigenvalue weighted by Crippen LogP contribution is -1.90. The molecule has 1 aliphatic heterocycles. The summed E-state index contributed by atoms with van der Waals surface area (Å²) >= 11 is 4.87. The minimum atomic E-state index is -3.20. The van der Waals surface area contributed by atoms with E-state index >= 15 is 0 Å². The maximum absolute atomic E-state index is 12.1. The number of thiophene rings is 1. The van der Waals surface area contributed by atoms with E-state index in [1.54, 1.807) is 0 Å². The van der Waals surface area contributed by atoms with Crippen molar-refractivity contribution >= 4 is 42.7 Å². The molecular weight excluding hydrogens is 356 g/mol. The van der Waals surface area contributed by atoms with E-state index in [9.17, 15) is 8.42 Å². The molecule has 0 amide bonds. The maximum Gasteiger partial charge on any atom is 0.202 e. The van der Waals surface area contributed by atoms with Gasteiger partial charge in [0.1, 0.15) is 4.90 Å². The highest BCUT2D eigenvalue weighted by atomic mass is 79.9. The summed E-state index contributed by atoms with van der Waals surface area (Å²) in [5.41, 5.74) is 1.00. The molecule has 0 saturated heterocycles. The van der Waals surface area contributed by atoms with Crippen LogP contribution in [-0.4, -0.2) is 8.42 Å². The van der Waals surface area contributed by atoms with Gasteiger partial charge in [0.25, 0.3) is 0 Å². The van der Waals surface area contributed by atoms with Crippen LogP contribution in [0.2, 0.25) is 0 Å². The Morgan fingerprint density at radius 3 is 2.45 bits per heavy atom. The van der Waals surface area contributed by atoms with Gasteiger partial charge in [-0.05, 0) is 34.3 Å². The Hall–Kier alpha value is -0.130. The first kappa shape index (κ1) is 16.2. The average Bonchev–Trinajstić information content (AvgIpc) is 2.89. The molecule has 20 heavy (non-hydrogen) atoms. The zero-order valence-electron chi connectivity index (χ0n) is 11.8. The van der Waals surface area contributed by atoms with Crippen molar-refractivity contribution < 1.29 is 8.42 Å². The van der Waals surface area contributed by atoms with Gasteiger partial charge in [0, 0.05) is 15.3 Å². The third-order valence-electron chi connectivity index (χ3n) is 3.63. The highest BCUT2D eigenvalue weighted by Crippen LogP contribution is 2.44. The first-order chi connectivity index (χ1) is 9.56. The number of fused-ring (bicyclic) bond motifs is 1. The molecular formula is C15H21BrO2S2. The molecule has 0 unspecified atom stereocenters. The predicted molar refractivity (Wildman–Crippen MR) is 89.8 cm³/mol. The Bertz CT molecular complexity index is 585. The highest BCUT2D eigenvalue weighted by molar-refractivity contribution is 9.10. The number of allylic oxidation sites excluding steroid dienone is 1. The molecule has 112 valence electrons.